The van der Waals surface area contributed by atoms with Crippen LogP contribution in [0.5, 0.6) is 0 Å². The molecule has 7 rings (SSSR count). The van der Waals surface area contributed by atoms with E-state index in [4.69, 9.17) is 4.74 Å². The largest absolute Gasteiger partial charge is 0.462 e. The standard InChI is InChI=1S/C29H25NO4/c1-4-34-27(33)17-11-5-10-16-22(17)30-25(31)23-24(26(30)32)29(3)20-14-8-6-12-18(20)28(23,2)19-13-7-9-15-21(19)29/h5-16,23-24H,4H2,1-3H3/t23-,24-,28?,29?/m1/s1. The van der Waals surface area contributed by atoms with Gasteiger partial charge in [-0.1, -0.05) is 74.5 Å². The van der Waals surface area contributed by atoms with Crippen LogP contribution in [-0.4, -0.2) is 24.4 Å². The average molecular weight is 452 g/mol. The molecule has 0 saturated carbocycles. The minimum absolute atomic E-state index is 0.209. The summed E-state index contributed by atoms with van der Waals surface area (Å²) >= 11 is 0. The van der Waals surface area contributed by atoms with E-state index in [1.165, 1.54) is 4.90 Å². The molecular weight excluding hydrogens is 426 g/mol. The second-order valence-electron chi connectivity index (χ2n) is 9.70. The first-order valence-corrected chi connectivity index (χ1v) is 11.7. The summed E-state index contributed by atoms with van der Waals surface area (Å²) < 4.78 is 5.22. The number of amides is 2. The van der Waals surface area contributed by atoms with Gasteiger partial charge in [0.05, 0.1) is 29.7 Å². The van der Waals surface area contributed by atoms with E-state index in [1.807, 2.05) is 24.3 Å². The minimum Gasteiger partial charge on any atom is -0.462 e. The van der Waals surface area contributed by atoms with Gasteiger partial charge in [0.1, 0.15) is 0 Å². The summed E-state index contributed by atoms with van der Waals surface area (Å²) in [6.07, 6.45) is 0. The second kappa shape index (κ2) is 6.89. The van der Waals surface area contributed by atoms with Crippen LogP contribution in [0.25, 0.3) is 0 Å². The van der Waals surface area contributed by atoms with Crippen molar-refractivity contribution in [2.45, 2.75) is 31.6 Å². The molecule has 5 nitrogen and oxygen atoms in total. The van der Waals surface area contributed by atoms with Gasteiger partial charge in [-0.25, -0.2) is 9.69 Å². The normalized spacial score (nSPS) is 28.4. The maximum Gasteiger partial charge on any atom is 0.340 e. The van der Waals surface area contributed by atoms with Crippen LogP contribution < -0.4 is 4.90 Å². The summed E-state index contributed by atoms with van der Waals surface area (Å²) in [6.45, 7) is 6.12. The Hall–Kier alpha value is -3.73. The number of esters is 1. The molecule has 3 aromatic rings. The van der Waals surface area contributed by atoms with Crippen LogP contribution in [0.1, 0.15) is 53.4 Å². The summed E-state index contributed by atoms with van der Waals surface area (Å²) in [5.74, 6) is -2.19. The number of carbonyl (C=O) groups is 3. The fourth-order valence-electron chi connectivity index (χ4n) is 6.86. The van der Waals surface area contributed by atoms with Gasteiger partial charge in [-0.3, -0.25) is 9.59 Å². The summed E-state index contributed by atoms with van der Waals surface area (Å²) in [5.41, 5.74) is 3.59. The smallest absolute Gasteiger partial charge is 0.340 e. The lowest BCUT2D eigenvalue weighted by Gasteiger charge is -2.57. The highest BCUT2D eigenvalue weighted by molar-refractivity contribution is 6.25. The number of imide groups is 1. The Morgan fingerprint density at radius 1 is 0.765 bits per heavy atom. The molecule has 0 aromatic heterocycles. The van der Waals surface area contributed by atoms with Crippen molar-refractivity contribution >= 4 is 23.5 Å². The minimum atomic E-state index is -0.657. The van der Waals surface area contributed by atoms with E-state index < -0.39 is 28.6 Å². The molecule has 2 atom stereocenters. The average Bonchev–Trinajstić information content (AvgIpc) is 3.13. The van der Waals surface area contributed by atoms with Crippen LogP contribution >= 0.6 is 0 Å². The van der Waals surface area contributed by atoms with E-state index in [1.54, 1.807) is 31.2 Å². The van der Waals surface area contributed by atoms with Gasteiger partial charge in [-0.2, -0.15) is 0 Å². The van der Waals surface area contributed by atoms with Crippen molar-refractivity contribution in [2.75, 3.05) is 11.5 Å². The lowest BCUT2D eigenvalue weighted by atomic mass is 9.42. The Balaban J connectivity index is 1.60. The van der Waals surface area contributed by atoms with Gasteiger partial charge in [0, 0.05) is 10.8 Å². The molecule has 0 N–H and O–H groups in total. The zero-order valence-corrected chi connectivity index (χ0v) is 19.4. The Morgan fingerprint density at radius 2 is 1.18 bits per heavy atom. The number of nitrogens with zero attached hydrogens (tertiary/aromatic N) is 1. The highest BCUT2D eigenvalue weighted by atomic mass is 16.5. The van der Waals surface area contributed by atoms with E-state index in [9.17, 15) is 14.4 Å². The van der Waals surface area contributed by atoms with Crippen molar-refractivity contribution in [2.24, 2.45) is 11.8 Å². The number of ether oxygens (including phenoxy) is 1. The monoisotopic (exact) mass is 451 g/mol. The molecule has 3 aliphatic carbocycles. The maximum absolute atomic E-state index is 14.2. The van der Waals surface area contributed by atoms with Crippen molar-refractivity contribution in [3.63, 3.8) is 0 Å². The molecule has 5 heteroatoms. The molecule has 1 saturated heterocycles. The van der Waals surface area contributed by atoms with Crippen LogP contribution in [0.3, 0.4) is 0 Å². The first kappa shape index (κ1) is 20.8. The summed E-state index contributed by atoms with van der Waals surface area (Å²) in [5, 5.41) is 0. The Bertz CT molecular complexity index is 1270. The SMILES string of the molecule is CCOC(=O)c1ccccc1N1C(=O)[C@H]2[C@H](C1=O)C1(C)c3ccccc3C2(C)c2ccccc21. The van der Waals surface area contributed by atoms with Gasteiger partial charge in [-0.15, -0.1) is 0 Å². The lowest BCUT2D eigenvalue weighted by Crippen LogP contribution is -2.59. The highest BCUT2D eigenvalue weighted by Gasteiger charge is 2.70. The molecular formula is C29H25NO4. The molecule has 2 amide bonds. The van der Waals surface area contributed by atoms with Gasteiger partial charge in [-0.05, 0) is 41.3 Å². The molecule has 3 aromatic carbocycles. The van der Waals surface area contributed by atoms with Gasteiger partial charge >= 0.3 is 5.97 Å². The number of hydrogen-bond acceptors (Lipinski definition) is 4. The van der Waals surface area contributed by atoms with Crippen LogP contribution in [-0.2, 0) is 25.2 Å². The van der Waals surface area contributed by atoms with Crippen molar-refractivity contribution in [1.82, 2.24) is 0 Å². The number of rotatable bonds is 3. The fraction of sp³-hybridized carbons (Fsp3) is 0.276. The van der Waals surface area contributed by atoms with Gasteiger partial charge in [0.15, 0.2) is 0 Å². The molecule has 170 valence electrons. The predicted molar refractivity (Wildman–Crippen MR) is 128 cm³/mol. The molecule has 0 spiro atoms. The number of para-hydroxylation sites is 1. The fourth-order valence-corrected chi connectivity index (χ4v) is 6.86. The Morgan fingerprint density at radius 3 is 1.62 bits per heavy atom. The number of benzene rings is 3. The zero-order valence-electron chi connectivity index (χ0n) is 19.4. The van der Waals surface area contributed by atoms with Crippen LogP contribution in [0.4, 0.5) is 5.69 Å². The second-order valence-corrected chi connectivity index (χ2v) is 9.70. The van der Waals surface area contributed by atoms with E-state index in [0.717, 1.165) is 22.3 Å². The third kappa shape index (κ3) is 2.27. The first-order chi connectivity index (χ1) is 16.4. The quantitative estimate of drug-likeness (QED) is 0.431. The van der Waals surface area contributed by atoms with Gasteiger partial charge in [0.2, 0.25) is 11.8 Å². The lowest BCUT2D eigenvalue weighted by molar-refractivity contribution is -0.124. The predicted octanol–water partition coefficient (Wildman–Crippen LogP) is 4.61. The van der Waals surface area contributed by atoms with E-state index in [2.05, 4.69) is 38.1 Å². The van der Waals surface area contributed by atoms with Crippen molar-refractivity contribution in [1.29, 1.82) is 0 Å². The molecule has 1 heterocycles. The topological polar surface area (TPSA) is 63.7 Å². The molecule has 4 aliphatic rings. The van der Waals surface area contributed by atoms with Crippen LogP contribution in [0.2, 0.25) is 0 Å². The number of hydrogen-bond donors (Lipinski definition) is 0. The first-order valence-electron chi connectivity index (χ1n) is 11.7. The van der Waals surface area contributed by atoms with Crippen LogP contribution in [0, 0.1) is 11.8 Å². The molecule has 1 aliphatic heterocycles. The number of anilines is 1. The molecule has 1 fully saturated rings. The third-order valence-corrected chi connectivity index (χ3v) is 8.28. The Kier molecular flexibility index (Phi) is 4.22. The van der Waals surface area contributed by atoms with E-state index in [-0.39, 0.29) is 24.0 Å². The highest BCUT2D eigenvalue weighted by Crippen LogP contribution is 2.66. The van der Waals surface area contributed by atoms with Crippen LogP contribution in [0.15, 0.2) is 72.8 Å². The zero-order chi connectivity index (χ0) is 23.8. The summed E-state index contributed by atoms with van der Waals surface area (Å²) in [4.78, 5) is 42.3. The molecule has 0 radical (unpaired) electrons. The molecule has 2 bridgehead atoms. The number of carbonyl (C=O) groups excluding carboxylic acids is 3. The van der Waals surface area contributed by atoms with Gasteiger partial charge in [0.25, 0.3) is 0 Å². The summed E-state index contributed by atoms with van der Waals surface area (Å²) in [6, 6.07) is 23.1. The van der Waals surface area contributed by atoms with Crippen molar-refractivity contribution in [3.05, 3.63) is 101 Å². The molecule has 0 unspecified atom stereocenters. The molecule has 34 heavy (non-hydrogen) atoms. The van der Waals surface area contributed by atoms with Crippen molar-refractivity contribution in [3.8, 4) is 0 Å². The summed E-state index contributed by atoms with van der Waals surface area (Å²) in [7, 11) is 0. The van der Waals surface area contributed by atoms with E-state index in [0.29, 0.717) is 5.69 Å². The van der Waals surface area contributed by atoms with Crippen molar-refractivity contribution < 1.29 is 19.1 Å². The maximum atomic E-state index is 14.2. The third-order valence-electron chi connectivity index (χ3n) is 8.28. The Labute approximate surface area is 198 Å². The van der Waals surface area contributed by atoms with Gasteiger partial charge < -0.3 is 4.74 Å². The van der Waals surface area contributed by atoms with E-state index >= 15 is 0 Å².